The van der Waals surface area contributed by atoms with Gasteiger partial charge in [0.05, 0.1) is 26.4 Å². The van der Waals surface area contributed by atoms with Crippen molar-refractivity contribution in [1.82, 2.24) is 0 Å². The topological polar surface area (TPSA) is 214 Å². The summed E-state index contributed by atoms with van der Waals surface area (Å²) in [4.78, 5) is 13.0. The third-order valence-corrected chi connectivity index (χ3v) is 13.2. The van der Waals surface area contributed by atoms with Crippen LogP contribution in [0.2, 0.25) is 0 Å². The average molecular weight is 973 g/mol. The molecular weight excluding hydrogens is 873 g/mol. The van der Waals surface area contributed by atoms with Gasteiger partial charge in [-0.25, -0.2) is 0 Å². The zero-order valence-corrected chi connectivity index (χ0v) is 42.6. The highest BCUT2D eigenvalue weighted by molar-refractivity contribution is 5.69. The molecule has 0 radical (unpaired) electrons. The van der Waals surface area contributed by atoms with E-state index in [1.165, 1.54) is 135 Å². The van der Waals surface area contributed by atoms with Gasteiger partial charge in [-0.05, 0) is 64.2 Å². The Morgan fingerprint density at radius 3 is 1.34 bits per heavy atom. The maximum Gasteiger partial charge on any atom is 0.306 e. The van der Waals surface area contributed by atoms with Gasteiger partial charge in [-0.3, -0.25) is 4.79 Å². The van der Waals surface area contributed by atoms with Crippen molar-refractivity contribution in [1.29, 1.82) is 0 Å². The quantitative estimate of drug-likeness (QED) is 0.0173. The van der Waals surface area contributed by atoms with E-state index in [9.17, 15) is 40.5 Å². The molecular formula is C54H100O14. The largest absolute Gasteiger partial charge is 0.457 e. The van der Waals surface area contributed by atoms with Gasteiger partial charge in [-0.1, -0.05) is 167 Å². The van der Waals surface area contributed by atoms with Gasteiger partial charge >= 0.3 is 5.97 Å². The van der Waals surface area contributed by atoms with Crippen LogP contribution >= 0.6 is 0 Å². The van der Waals surface area contributed by atoms with Crippen molar-refractivity contribution in [2.24, 2.45) is 0 Å². The number of rotatable bonds is 44. The lowest BCUT2D eigenvalue weighted by atomic mass is 9.98. The van der Waals surface area contributed by atoms with E-state index in [-0.39, 0.29) is 25.6 Å². The second-order valence-corrected chi connectivity index (χ2v) is 19.4. The van der Waals surface area contributed by atoms with Crippen LogP contribution in [-0.2, 0) is 33.2 Å². The summed E-state index contributed by atoms with van der Waals surface area (Å²) in [6.07, 6.45) is 29.5. The van der Waals surface area contributed by atoms with Crippen molar-refractivity contribution < 1.29 is 69.0 Å². The molecule has 0 spiro atoms. The fraction of sp³-hybridized carbons (Fsp3) is 0.907. The molecule has 11 unspecified atom stereocenters. The van der Waals surface area contributed by atoms with Crippen molar-refractivity contribution in [3.05, 3.63) is 24.3 Å². The molecule has 0 saturated carbocycles. The van der Waals surface area contributed by atoms with Gasteiger partial charge in [0.2, 0.25) is 0 Å². The van der Waals surface area contributed by atoms with Crippen molar-refractivity contribution in [2.45, 2.75) is 280 Å². The number of aliphatic hydroxyl groups excluding tert-OH is 7. The van der Waals surface area contributed by atoms with Crippen molar-refractivity contribution in [2.75, 3.05) is 33.0 Å². The standard InChI is InChI=1S/C54H100O14/c1-3-5-7-9-11-13-15-17-19-21-23-25-27-29-31-33-35-37-46(56)66-43(40-63-38-36-34-32-30-28-26-24-22-20-18-16-14-12-10-8-6-4-2)41-64-53-52(62)50(60)48(58)45(68-53)42-65-54-51(61)49(59)47(57)44(39-55)67-54/h17,19-20,22,43-45,47-55,57-62H,3-16,18,21,23-42H2,1-2H3/b19-17-,22-20-. The van der Waals surface area contributed by atoms with Crippen molar-refractivity contribution in [3.63, 3.8) is 0 Å². The summed E-state index contributed by atoms with van der Waals surface area (Å²) in [6, 6.07) is 0. The predicted octanol–water partition coefficient (Wildman–Crippen LogP) is 8.80. The molecule has 68 heavy (non-hydrogen) atoms. The molecule has 0 aromatic carbocycles. The third-order valence-electron chi connectivity index (χ3n) is 13.2. The molecule has 7 N–H and O–H groups in total. The minimum absolute atomic E-state index is 0.0583. The van der Waals surface area contributed by atoms with Gasteiger partial charge in [0.15, 0.2) is 12.6 Å². The van der Waals surface area contributed by atoms with Crippen molar-refractivity contribution in [3.8, 4) is 0 Å². The molecule has 2 heterocycles. The first-order valence-electron chi connectivity index (χ1n) is 27.4. The van der Waals surface area contributed by atoms with Gasteiger partial charge in [-0.2, -0.15) is 0 Å². The number of carbonyl (C=O) groups excluding carboxylic acids is 1. The molecule has 0 aliphatic carbocycles. The average Bonchev–Trinajstić information content (AvgIpc) is 3.33. The Morgan fingerprint density at radius 1 is 0.471 bits per heavy atom. The molecule has 0 bridgehead atoms. The third kappa shape index (κ3) is 29.1. The first-order chi connectivity index (χ1) is 33.1. The lowest BCUT2D eigenvalue weighted by molar-refractivity contribution is -0.332. The molecule has 2 aliphatic heterocycles. The van der Waals surface area contributed by atoms with Crippen LogP contribution in [0.25, 0.3) is 0 Å². The number of unbranched alkanes of at least 4 members (excludes halogenated alkanes) is 26. The molecule has 0 aromatic heterocycles. The number of carbonyl (C=O) groups is 1. The van der Waals surface area contributed by atoms with E-state index in [1.807, 2.05) is 0 Å². The number of esters is 1. The molecule has 0 aromatic rings. The lowest BCUT2D eigenvalue weighted by Gasteiger charge is -2.42. The van der Waals surface area contributed by atoms with E-state index in [2.05, 4.69) is 38.2 Å². The van der Waals surface area contributed by atoms with E-state index in [0.717, 1.165) is 51.4 Å². The van der Waals surface area contributed by atoms with E-state index in [1.54, 1.807) is 0 Å². The Labute approximate surface area is 411 Å². The van der Waals surface area contributed by atoms with Gasteiger partial charge in [0, 0.05) is 13.0 Å². The fourth-order valence-corrected chi connectivity index (χ4v) is 8.69. The minimum atomic E-state index is -1.71. The molecule has 400 valence electrons. The van der Waals surface area contributed by atoms with Crippen LogP contribution in [0.1, 0.15) is 213 Å². The number of hydrogen-bond acceptors (Lipinski definition) is 14. The SMILES string of the molecule is CCCCCCCC/C=C\CCCCCCCCCC(=O)OC(COCCCCCCCC/C=C\CCCCCCCCC)COC1OC(COC2OC(CO)C(O)C(O)C2O)C(O)C(O)C1O. The van der Waals surface area contributed by atoms with E-state index in [4.69, 9.17) is 28.4 Å². The number of aliphatic hydroxyl groups is 7. The Kier molecular flexibility index (Phi) is 38.7. The summed E-state index contributed by atoms with van der Waals surface area (Å²) in [5, 5.41) is 72.2. The second kappa shape index (κ2) is 42.0. The highest BCUT2D eigenvalue weighted by atomic mass is 16.7. The summed E-state index contributed by atoms with van der Waals surface area (Å²) in [5.41, 5.74) is 0. The van der Waals surface area contributed by atoms with Crippen LogP contribution in [0.3, 0.4) is 0 Å². The molecule has 14 nitrogen and oxygen atoms in total. The molecule has 2 fully saturated rings. The number of allylic oxidation sites excluding steroid dienone is 4. The molecule has 2 aliphatic rings. The summed E-state index contributed by atoms with van der Waals surface area (Å²) >= 11 is 0. The summed E-state index contributed by atoms with van der Waals surface area (Å²) < 4.78 is 34.3. The van der Waals surface area contributed by atoms with Crippen LogP contribution in [0.15, 0.2) is 24.3 Å². The van der Waals surface area contributed by atoms with Crippen LogP contribution < -0.4 is 0 Å². The van der Waals surface area contributed by atoms with Crippen LogP contribution in [0.4, 0.5) is 0 Å². The van der Waals surface area contributed by atoms with Gasteiger partial charge in [-0.15, -0.1) is 0 Å². The first-order valence-corrected chi connectivity index (χ1v) is 27.4. The number of ether oxygens (including phenoxy) is 6. The fourth-order valence-electron chi connectivity index (χ4n) is 8.69. The second-order valence-electron chi connectivity index (χ2n) is 19.4. The molecule has 2 saturated heterocycles. The zero-order chi connectivity index (χ0) is 49.5. The van der Waals surface area contributed by atoms with E-state index < -0.39 is 80.7 Å². The van der Waals surface area contributed by atoms with Crippen LogP contribution in [-0.4, -0.2) is 142 Å². The smallest absolute Gasteiger partial charge is 0.306 e. The first kappa shape index (κ1) is 62.6. The Morgan fingerprint density at radius 2 is 0.868 bits per heavy atom. The van der Waals surface area contributed by atoms with Gasteiger partial charge in [0.1, 0.15) is 54.9 Å². The summed E-state index contributed by atoms with van der Waals surface area (Å²) in [7, 11) is 0. The predicted molar refractivity (Wildman–Crippen MR) is 266 cm³/mol. The van der Waals surface area contributed by atoms with E-state index >= 15 is 0 Å². The maximum absolute atomic E-state index is 13.0. The highest BCUT2D eigenvalue weighted by Gasteiger charge is 2.47. The zero-order valence-electron chi connectivity index (χ0n) is 42.6. The maximum atomic E-state index is 13.0. The molecule has 2 rings (SSSR count). The summed E-state index contributed by atoms with van der Waals surface area (Å²) in [6.45, 7) is 3.69. The van der Waals surface area contributed by atoms with Crippen molar-refractivity contribution >= 4 is 5.97 Å². The minimum Gasteiger partial charge on any atom is -0.457 e. The molecule has 0 amide bonds. The summed E-state index contributed by atoms with van der Waals surface area (Å²) in [5.74, 6) is -0.381. The van der Waals surface area contributed by atoms with Crippen LogP contribution in [0.5, 0.6) is 0 Å². The molecule has 11 atom stereocenters. The van der Waals surface area contributed by atoms with Crippen LogP contribution in [0, 0.1) is 0 Å². The van der Waals surface area contributed by atoms with Gasteiger partial charge in [0.25, 0.3) is 0 Å². The molecule has 14 heteroatoms. The van der Waals surface area contributed by atoms with E-state index in [0.29, 0.717) is 13.0 Å². The van der Waals surface area contributed by atoms with Gasteiger partial charge < -0.3 is 64.2 Å². The Balaban J connectivity index is 1.75. The Hall–Kier alpha value is -1.53. The Bertz CT molecular complexity index is 1220. The normalized spacial score (nSPS) is 26.0. The highest BCUT2D eigenvalue weighted by Crippen LogP contribution is 2.26. The number of hydrogen-bond donors (Lipinski definition) is 7. The lowest BCUT2D eigenvalue weighted by Crippen LogP contribution is -2.61. The monoisotopic (exact) mass is 973 g/mol.